The Morgan fingerprint density at radius 2 is 2.04 bits per heavy atom. The number of nitrogens with zero attached hydrogens (tertiary/aromatic N) is 5. The van der Waals surface area contributed by atoms with Crippen LogP contribution in [0.3, 0.4) is 0 Å². The molecule has 0 bridgehead atoms. The highest BCUT2D eigenvalue weighted by molar-refractivity contribution is 7.98. The monoisotopic (exact) mass is 379 g/mol. The Hall–Kier alpha value is -3.00. The second-order valence-electron chi connectivity index (χ2n) is 5.99. The molecule has 0 radical (unpaired) electrons. The molecular weight excluding hydrogens is 362 g/mol. The molecule has 0 saturated carbocycles. The van der Waals surface area contributed by atoms with Gasteiger partial charge in [-0.2, -0.15) is 4.98 Å². The first kappa shape index (κ1) is 17.4. The van der Waals surface area contributed by atoms with Crippen LogP contribution in [-0.4, -0.2) is 24.7 Å². The van der Waals surface area contributed by atoms with Crippen molar-refractivity contribution in [3.8, 4) is 5.82 Å². The predicted molar refractivity (Wildman–Crippen MR) is 103 cm³/mol. The lowest BCUT2D eigenvalue weighted by Gasteiger charge is -2.12. The molecule has 0 fully saturated rings. The molecule has 0 atom stereocenters. The molecule has 27 heavy (non-hydrogen) atoms. The lowest BCUT2D eigenvalue weighted by Crippen LogP contribution is -2.22. The van der Waals surface area contributed by atoms with Crippen molar-refractivity contribution >= 4 is 22.7 Å². The summed E-state index contributed by atoms with van der Waals surface area (Å²) in [6.07, 6.45) is 2.40. The van der Waals surface area contributed by atoms with Crippen molar-refractivity contribution in [1.29, 1.82) is 0 Å². The molecule has 4 aromatic rings. The number of aryl methyl sites for hydroxylation is 2. The number of fused-ring (bicyclic) bond motifs is 1. The van der Waals surface area contributed by atoms with Gasteiger partial charge in [-0.1, -0.05) is 36.0 Å². The molecule has 0 unspecified atom stereocenters. The minimum Gasteiger partial charge on any atom is -0.338 e. The third kappa shape index (κ3) is 3.48. The maximum absolute atomic E-state index is 13.1. The van der Waals surface area contributed by atoms with E-state index < -0.39 is 0 Å². The molecule has 7 nitrogen and oxygen atoms in total. The van der Waals surface area contributed by atoms with Gasteiger partial charge in [0.2, 0.25) is 5.89 Å². The van der Waals surface area contributed by atoms with E-state index in [-0.39, 0.29) is 5.56 Å². The van der Waals surface area contributed by atoms with Crippen molar-refractivity contribution in [3.05, 3.63) is 70.2 Å². The molecule has 3 heterocycles. The van der Waals surface area contributed by atoms with Gasteiger partial charge in [-0.15, -0.1) is 0 Å². The minimum absolute atomic E-state index is 0.152. The van der Waals surface area contributed by atoms with Gasteiger partial charge in [0.05, 0.1) is 16.7 Å². The minimum atomic E-state index is -0.152. The molecule has 3 aromatic heterocycles. The molecular formula is C19H17N5O2S. The van der Waals surface area contributed by atoms with Crippen LogP contribution in [0.15, 0.2) is 57.1 Å². The molecule has 0 saturated heterocycles. The third-order valence-electron chi connectivity index (χ3n) is 4.03. The van der Waals surface area contributed by atoms with Gasteiger partial charge in [-0.25, -0.2) is 14.5 Å². The first-order valence-electron chi connectivity index (χ1n) is 8.55. The smallest absolute Gasteiger partial charge is 0.267 e. The van der Waals surface area contributed by atoms with E-state index in [1.807, 2.05) is 44.2 Å². The van der Waals surface area contributed by atoms with E-state index in [2.05, 4.69) is 20.1 Å². The summed E-state index contributed by atoms with van der Waals surface area (Å²) in [5, 5.41) is 4.99. The van der Waals surface area contributed by atoms with Crippen LogP contribution in [0.1, 0.15) is 24.2 Å². The molecule has 0 amide bonds. The van der Waals surface area contributed by atoms with Crippen molar-refractivity contribution in [1.82, 2.24) is 24.7 Å². The third-order valence-corrected chi connectivity index (χ3v) is 4.95. The molecule has 8 heteroatoms. The Balaban J connectivity index is 1.82. The number of pyridine rings is 1. The molecule has 0 aliphatic rings. The van der Waals surface area contributed by atoms with E-state index in [9.17, 15) is 4.79 Å². The van der Waals surface area contributed by atoms with Crippen molar-refractivity contribution in [2.75, 3.05) is 0 Å². The van der Waals surface area contributed by atoms with Gasteiger partial charge >= 0.3 is 0 Å². The van der Waals surface area contributed by atoms with E-state index >= 15 is 0 Å². The lowest BCUT2D eigenvalue weighted by atomic mass is 10.2. The zero-order valence-corrected chi connectivity index (χ0v) is 15.7. The van der Waals surface area contributed by atoms with Gasteiger partial charge in [0.25, 0.3) is 5.56 Å². The van der Waals surface area contributed by atoms with E-state index in [4.69, 9.17) is 4.52 Å². The van der Waals surface area contributed by atoms with Crippen molar-refractivity contribution < 1.29 is 4.52 Å². The molecule has 0 N–H and O–H groups in total. The Bertz CT molecular complexity index is 1170. The normalized spacial score (nSPS) is 11.2. The summed E-state index contributed by atoms with van der Waals surface area (Å²) in [4.78, 5) is 26.5. The van der Waals surface area contributed by atoms with E-state index in [0.29, 0.717) is 45.8 Å². The fraction of sp³-hybridized carbons (Fsp3) is 0.211. The first-order chi connectivity index (χ1) is 13.2. The maximum atomic E-state index is 13.1. The number of rotatable bonds is 5. The van der Waals surface area contributed by atoms with Gasteiger partial charge in [-0.05, 0) is 36.8 Å². The summed E-state index contributed by atoms with van der Waals surface area (Å²) in [6.45, 7) is 3.93. The number of aromatic nitrogens is 5. The van der Waals surface area contributed by atoms with E-state index in [1.165, 1.54) is 16.3 Å². The summed E-state index contributed by atoms with van der Waals surface area (Å²) in [7, 11) is 0. The van der Waals surface area contributed by atoms with Crippen LogP contribution in [0.5, 0.6) is 0 Å². The van der Waals surface area contributed by atoms with Crippen LogP contribution in [0.25, 0.3) is 16.7 Å². The predicted octanol–water partition coefficient (Wildman–Crippen LogP) is 3.33. The quantitative estimate of drug-likeness (QED) is 0.388. The number of para-hydroxylation sites is 1. The molecule has 1 aromatic carbocycles. The Morgan fingerprint density at radius 3 is 2.81 bits per heavy atom. The highest BCUT2D eigenvalue weighted by atomic mass is 32.2. The second-order valence-corrected chi connectivity index (χ2v) is 6.93. The lowest BCUT2D eigenvalue weighted by molar-refractivity contribution is 0.385. The largest absolute Gasteiger partial charge is 0.338 e. The SMILES string of the molecule is CCc1noc(CSc2nc3ccccc3c(=O)n2-c2cc(C)ccn2)n1. The highest BCUT2D eigenvalue weighted by Crippen LogP contribution is 2.23. The molecule has 0 spiro atoms. The molecule has 4 rings (SSSR count). The average molecular weight is 379 g/mol. The molecule has 136 valence electrons. The van der Waals surface area contributed by atoms with E-state index in [1.54, 1.807) is 12.3 Å². The summed E-state index contributed by atoms with van der Waals surface area (Å²) in [6, 6.07) is 11.1. The molecule has 0 aliphatic heterocycles. The molecule has 0 aliphatic carbocycles. The van der Waals surface area contributed by atoms with Crippen molar-refractivity contribution in [2.24, 2.45) is 0 Å². The van der Waals surface area contributed by atoms with Crippen LogP contribution in [0.4, 0.5) is 0 Å². The van der Waals surface area contributed by atoms with Gasteiger partial charge in [0.15, 0.2) is 11.0 Å². The summed E-state index contributed by atoms with van der Waals surface area (Å²) in [5.74, 6) is 2.13. The fourth-order valence-corrected chi connectivity index (χ4v) is 3.51. The van der Waals surface area contributed by atoms with Gasteiger partial charge < -0.3 is 4.52 Å². The van der Waals surface area contributed by atoms with Crippen LogP contribution in [0, 0.1) is 6.92 Å². The summed E-state index contributed by atoms with van der Waals surface area (Å²) >= 11 is 1.37. The zero-order chi connectivity index (χ0) is 18.8. The van der Waals surface area contributed by atoms with Gasteiger partial charge in [-0.3, -0.25) is 4.79 Å². The van der Waals surface area contributed by atoms with Crippen LogP contribution < -0.4 is 5.56 Å². The standard InChI is InChI=1S/C19H17N5O2S/c1-3-15-22-17(26-23-15)11-27-19-21-14-7-5-4-6-13(14)18(25)24(19)16-10-12(2)8-9-20-16/h4-10H,3,11H2,1-2H3. The van der Waals surface area contributed by atoms with Crippen molar-refractivity contribution in [3.63, 3.8) is 0 Å². The second kappa shape index (κ2) is 7.32. The zero-order valence-electron chi connectivity index (χ0n) is 14.9. The van der Waals surface area contributed by atoms with Crippen molar-refractivity contribution in [2.45, 2.75) is 31.2 Å². The Morgan fingerprint density at radius 1 is 1.19 bits per heavy atom. The maximum Gasteiger partial charge on any atom is 0.267 e. The van der Waals surface area contributed by atoms with Gasteiger partial charge in [0.1, 0.15) is 5.82 Å². The number of benzene rings is 1. The number of hydrogen-bond acceptors (Lipinski definition) is 7. The topological polar surface area (TPSA) is 86.7 Å². The first-order valence-corrected chi connectivity index (χ1v) is 9.53. The van der Waals surface area contributed by atoms with Crippen LogP contribution >= 0.6 is 11.8 Å². The highest BCUT2D eigenvalue weighted by Gasteiger charge is 2.16. The summed E-state index contributed by atoms with van der Waals surface area (Å²) in [5.41, 5.74) is 1.51. The van der Waals surface area contributed by atoms with E-state index in [0.717, 1.165) is 5.56 Å². The Labute approximate surface area is 159 Å². The fourth-order valence-electron chi connectivity index (χ4n) is 2.67. The average Bonchev–Trinajstić information content (AvgIpc) is 3.14. The Kier molecular flexibility index (Phi) is 4.72. The van der Waals surface area contributed by atoms with Crippen LogP contribution in [-0.2, 0) is 12.2 Å². The summed E-state index contributed by atoms with van der Waals surface area (Å²) < 4.78 is 6.79. The van der Waals surface area contributed by atoms with Crippen LogP contribution in [0.2, 0.25) is 0 Å². The number of thioether (sulfide) groups is 1. The van der Waals surface area contributed by atoms with Gasteiger partial charge in [0, 0.05) is 12.6 Å². The number of hydrogen-bond donors (Lipinski definition) is 0.